The third kappa shape index (κ3) is 3.42. The maximum Gasteiger partial charge on any atom is 0.253 e. The SMILES string of the molecule is CCNC(=O)c1ccc(N)cc1NCC1CCCC1O. The fraction of sp³-hybridized carbons (Fsp3) is 0.533. The van der Waals surface area contributed by atoms with Gasteiger partial charge in [0, 0.05) is 30.4 Å². The number of rotatable bonds is 5. The molecule has 0 saturated heterocycles. The summed E-state index contributed by atoms with van der Waals surface area (Å²) in [5, 5.41) is 15.9. The Morgan fingerprint density at radius 3 is 2.90 bits per heavy atom. The van der Waals surface area contributed by atoms with Crippen LogP contribution in [-0.4, -0.2) is 30.2 Å². The zero-order chi connectivity index (χ0) is 14.5. The van der Waals surface area contributed by atoms with Gasteiger partial charge in [0.1, 0.15) is 0 Å². The summed E-state index contributed by atoms with van der Waals surface area (Å²) in [6.45, 7) is 3.14. The number of anilines is 2. The summed E-state index contributed by atoms with van der Waals surface area (Å²) in [5.74, 6) is 0.139. The van der Waals surface area contributed by atoms with Crippen molar-refractivity contribution in [3.63, 3.8) is 0 Å². The van der Waals surface area contributed by atoms with Crippen molar-refractivity contribution >= 4 is 17.3 Å². The zero-order valence-electron chi connectivity index (χ0n) is 11.9. The Morgan fingerprint density at radius 2 is 2.25 bits per heavy atom. The lowest BCUT2D eigenvalue weighted by Gasteiger charge is -2.18. The van der Waals surface area contributed by atoms with Crippen molar-refractivity contribution in [2.45, 2.75) is 32.3 Å². The second-order valence-corrected chi connectivity index (χ2v) is 5.30. The number of carbonyl (C=O) groups excluding carboxylic acids is 1. The van der Waals surface area contributed by atoms with Crippen molar-refractivity contribution in [1.82, 2.24) is 5.32 Å². The second-order valence-electron chi connectivity index (χ2n) is 5.30. The van der Waals surface area contributed by atoms with Crippen molar-refractivity contribution in [1.29, 1.82) is 0 Å². The summed E-state index contributed by atoms with van der Waals surface area (Å²) >= 11 is 0. The predicted molar refractivity (Wildman–Crippen MR) is 80.7 cm³/mol. The van der Waals surface area contributed by atoms with Gasteiger partial charge >= 0.3 is 0 Å². The highest BCUT2D eigenvalue weighted by molar-refractivity contribution is 6.00. The molecule has 1 aromatic rings. The van der Waals surface area contributed by atoms with E-state index in [1.165, 1.54) is 0 Å². The van der Waals surface area contributed by atoms with Gasteiger partial charge in [0.15, 0.2) is 0 Å². The molecule has 0 heterocycles. The predicted octanol–water partition coefficient (Wildman–Crippen LogP) is 1.59. The molecule has 5 nitrogen and oxygen atoms in total. The van der Waals surface area contributed by atoms with Crippen molar-refractivity contribution in [2.24, 2.45) is 5.92 Å². The molecule has 1 aliphatic rings. The Balaban J connectivity index is 2.08. The van der Waals surface area contributed by atoms with Crippen LogP contribution in [0.5, 0.6) is 0 Å². The van der Waals surface area contributed by atoms with Crippen molar-refractivity contribution < 1.29 is 9.90 Å². The summed E-state index contributed by atoms with van der Waals surface area (Å²) in [6.07, 6.45) is 2.71. The molecule has 1 aliphatic carbocycles. The number of hydrogen-bond acceptors (Lipinski definition) is 4. The Labute approximate surface area is 119 Å². The van der Waals surface area contributed by atoms with Gasteiger partial charge in [0.05, 0.1) is 11.7 Å². The average Bonchev–Trinajstić information content (AvgIpc) is 2.82. The van der Waals surface area contributed by atoms with Gasteiger partial charge in [-0.1, -0.05) is 6.42 Å². The molecule has 1 amide bonds. The zero-order valence-corrected chi connectivity index (χ0v) is 11.9. The topological polar surface area (TPSA) is 87.4 Å². The molecule has 5 N–H and O–H groups in total. The van der Waals surface area contributed by atoms with E-state index in [4.69, 9.17) is 5.73 Å². The molecule has 110 valence electrons. The monoisotopic (exact) mass is 277 g/mol. The van der Waals surface area contributed by atoms with Crippen LogP contribution >= 0.6 is 0 Å². The maximum absolute atomic E-state index is 12.0. The molecular formula is C15H23N3O2. The molecule has 1 aromatic carbocycles. The highest BCUT2D eigenvalue weighted by Gasteiger charge is 2.25. The third-order valence-corrected chi connectivity index (χ3v) is 3.80. The highest BCUT2D eigenvalue weighted by Crippen LogP contribution is 2.27. The Hall–Kier alpha value is -1.75. The number of nitrogens with one attached hydrogen (secondary N) is 2. The molecule has 2 unspecified atom stereocenters. The standard InChI is InChI=1S/C15H23N3O2/c1-2-17-15(20)12-7-6-11(16)8-13(12)18-9-10-4-3-5-14(10)19/h6-8,10,14,18-19H,2-5,9,16H2,1H3,(H,17,20). The van der Waals surface area contributed by atoms with Crippen LogP contribution in [0, 0.1) is 5.92 Å². The quantitative estimate of drug-likeness (QED) is 0.616. The lowest BCUT2D eigenvalue weighted by molar-refractivity contribution is 0.0956. The number of carbonyl (C=O) groups is 1. The van der Waals surface area contributed by atoms with Crippen LogP contribution in [0.15, 0.2) is 18.2 Å². The van der Waals surface area contributed by atoms with Gasteiger partial charge in [0.2, 0.25) is 0 Å². The number of benzene rings is 1. The van der Waals surface area contributed by atoms with Gasteiger partial charge in [-0.05, 0) is 38.0 Å². The first kappa shape index (κ1) is 14.7. The smallest absolute Gasteiger partial charge is 0.253 e. The Bertz CT molecular complexity index is 476. The maximum atomic E-state index is 12.0. The summed E-state index contributed by atoms with van der Waals surface area (Å²) in [7, 11) is 0. The van der Waals surface area contributed by atoms with E-state index in [1.54, 1.807) is 18.2 Å². The van der Waals surface area contributed by atoms with E-state index in [2.05, 4.69) is 10.6 Å². The normalized spacial score (nSPS) is 21.7. The van der Waals surface area contributed by atoms with Gasteiger partial charge in [-0.15, -0.1) is 0 Å². The van der Waals surface area contributed by atoms with Crippen LogP contribution < -0.4 is 16.4 Å². The largest absolute Gasteiger partial charge is 0.399 e. The van der Waals surface area contributed by atoms with Crippen LogP contribution in [0.3, 0.4) is 0 Å². The molecule has 1 saturated carbocycles. The molecule has 0 spiro atoms. The minimum atomic E-state index is -0.239. The summed E-state index contributed by atoms with van der Waals surface area (Å²) in [5.41, 5.74) is 7.73. The molecule has 1 fully saturated rings. The summed E-state index contributed by atoms with van der Waals surface area (Å²) in [6, 6.07) is 5.22. The van der Waals surface area contributed by atoms with Crippen LogP contribution in [-0.2, 0) is 0 Å². The van der Waals surface area contributed by atoms with E-state index in [9.17, 15) is 9.90 Å². The minimum Gasteiger partial charge on any atom is -0.399 e. The molecule has 5 heteroatoms. The Kier molecular flexibility index (Phi) is 4.84. The van der Waals surface area contributed by atoms with Crippen molar-refractivity contribution in [3.05, 3.63) is 23.8 Å². The first-order valence-corrected chi connectivity index (χ1v) is 7.21. The first-order chi connectivity index (χ1) is 9.61. The summed E-state index contributed by atoms with van der Waals surface area (Å²) < 4.78 is 0. The van der Waals surface area contributed by atoms with Gasteiger partial charge in [0.25, 0.3) is 5.91 Å². The van der Waals surface area contributed by atoms with E-state index in [-0.39, 0.29) is 17.9 Å². The highest BCUT2D eigenvalue weighted by atomic mass is 16.3. The van der Waals surface area contributed by atoms with E-state index in [0.717, 1.165) is 24.9 Å². The molecule has 2 rings (SSSR count). The van der Waals surface area contributed by atoms with E-state index < -0.39 is 0 Å². The van der Waals surface area contributed by atoms with Gasteiger partial charge in [-0.25, -0.2) is 0 Å². The van der Waals surface area contributed by atoms with Gasteiger partial charge in [-0.3, -0.25) is 4.79 Å². The van der Waals surface area contributed by atoms with Crippen LogP contribution in [0.1, 0.15) is 36.5 Å². The van der Waals surface area contributed by atoms with Crippen molar-refractivity contribution in [2.75, 3.05) is 24.1 Å². The van der Waals surface area contributed by atoms with Crippen LogP contribution in [0.25, 0.3) is 0 Å². The van der Waals surface area contributed by atoms with Crippen molar-refractivity contribution in [3.8, 4) is 0 Å². The average molecular weight is 277 g/mol. The number of aliphatic hydroxyl groups is 1. The lowest BCUT2D eigenvalue weighted by atomic mass is 10.1. The second kappa shape index (κ2) is 6.61. The fourth-order valence-corrected chi connectivity index (χ4v) is 2.66. The molecular weight excluding hydrogens is 254 g/mol. The van der Waals surface area contributed by atoms with E-state index in [1.807, 2.05) is 6.92 Å². The van der Waals surface area contributed by atoms with E-state index >= 15 is 0 Å². The van der Waals surface area contributed by atoms with Crippen LogP contribution in [0.2, 0.25) is 0 Å². The summed E-state index contributed by atoms with van der Waals surface area (Å²) in [4.78, 5) is 12.0. The van der Waals surface area contributed by atoms with Crippen LogP contribution in [0.4, 0.5) is 11.4 Å². The third-order valence-electron chi connectivity index (χ3n) is 3.80. The number of nitrogen functional groups attached to an aromatic ring is 1. The van der Waals surface area contributed by atoms with E-state index in [0.29, 0.717) is 24.3 Å². The molecule has 0 aromatic heterocycles. The molecule has 0 bridgehead atoms. The Morgan fingerprint density at radius 1 is 1.45 bits per heavy atom. The number of aliphatic hydroxyl groups excluding tert-OH is 1. The molecule has 2 atom stereocenters. The first-order valence-electron chi connectivity index (χ1n) is 7.21. The molecule has 0 radical (unpaired) electrons. The fourth-order valence-electron chi connectivity index (χ4n) is 2.66. The number of amides is 1. The number of nitrogens with two attached hydrogens (primary N) is 1. The van der Waals surface area contributed by atoms with Gasteiger partial charge < -0.3 is 21.5 Å². The molecule has 0 aliphatic heterocycles. The minimum absolute atomic E-state index is 0.109. The number of hydrogen-bond donors (Lipinski definition) is 4. The molecule has 20 heavy (non-hydrogen) atoms. The van der Waals surface area contributed by atoms with Gasteiger partial charge in [-0.2, -0.15) is 0 Å². The lowest BCUT2D eigenvalue weighted by Crippen LogP contribution is -2.26.